The van der Waals surface area contributed by atoms with Crippen LogP contribution in [0.15, 0.2) is 18.2 Å². The first-order chi connectivity index (χ1) is 9.56. The van der Waals surface area contributed by atoms with E-state index in [0.29, 0.717) is 31.7 Å². The zero-order valence-corrected chi connectivity index (χ0v) is 12.6. The van der Waals surface area contributed by atoms with Crippen LogP contribution < -0.4 is 14.8 Å². The lowest BCUT2D eigenvalue weighted by molar-refractivity contribution is 0.160. The standard InChI is InChI=1S/C16H25NO3/c1-11(2)8-12(3)17-10-14(18)13-4-5-15-16(9-13)20-7-6-19-15/h4-5,9,11-12,14,17-18H,6-8,10H2,1-3H3. The number of ether oxygens (including phenoxy) is 2. The van der Waals surface area contributed by atoms with E-state index in [9.17, 15) is 5.11 Å². The van der Waals surface area contributed by atoms with Crippen LogP contribution >= 0.6 is 0 Å². The van der Waals surface area contributed by atoms with Crippen LogP contribution in [-0.2, 0) is 0 Å². The summed E-state index contributed by atoms with van der Waals surface area (Å²) in [6, 6.07) is 6.03. The molecule has 2 atom stereocenters. The molecule has 0 saturated carbocycles. The Kier molecular flexibility index (Phi) is 5.26. The normalized spacial score (nSPS) is 17.1. The highest BCUT2D eigenvalue weighted by Crippen LogP contribution is 2.32. The number of fused-ring (bicyclic) bond motifs is 1. The molecule has 1 heterocycles. The molecule has 0 saturated heterocycles. The van der Waals surface area contributed by atoms with Crippen molar-refractivity contribution in [3.63, 3.8) is 0 Å². The summed E-state index contributed by atoms with van der Waals surface area (Å²) in [7, 11) is 0. The summed E-state index contributed by atoms with van der Waals surface area (Å²) in [5.74, 6) is 2.14. The Bertz CT molecular complexity index is 434. The number of hydrogen-bond donors (Lipinski definition) is 2. The molecule has 1 aliphatic rings. The van der Waals surface area contributed by atoms with Crippen molar-refractivity contribution in [3.05, 3.63) is 23.8 Å². The van der Waals surface area contributed by atoms with Gasteiger partial charge in [0.25, 0.3) is 0 Å². The largest absolute Gasteiger partial charge is 0.486 e. The molecule has 4 nitrogen and oxygen atoms in total. The minimum atomic E-state index is -0.527. The van der Waals surface area contributed by atoms with E-state index in [-0.39, 0.29) is 0 Å². The smallest absolute Gasteiger partial charge is 0.161 e. The van der Waals surface area contributed by atoms with Gasteiger partial charge in [-0.3, -0.25) is 0 Å². The molecule has 0 amide bonds. The summed E-state index contributed by atoms with van der Waals surface area (Å²) in [6.45, 7) is 8.26. The van der Waals surface area contributed by atoms with Crippen molar-refractivity contribution in [1.82, 2.24) is 5.32 Å². The summed E-state index contributed by atoms with van der Waals surface area (Å²) in [5.41, 5.74) is 0.860. The minimum Gasteiger partial charge on any atom is -0.486 e. The lowest BCUT2D eigenvalue weighted by atomic mass is 10.0. The lowest BCUT2D eigenvalue weighted by Gasteiger charge is -2.21. The van der Waals surface area contributed by atoms with Gasteiger partial charge in [0.2, 0.25) is 0 Å². The molecule has 0 bridgehead atoms. The number of aliphatic hydroxyl groups excluding tert-OH is 1. The molecule has 4 heteroatoms. The molecule has 1 aromatic carbocycles. The molecule has 2 rings (SSSR count). The van der Waals surface area contributed by atoms with E-state index in [1.165, 1.54) is 0 Å². The van der Waals surface area contributed by atoms with Crippen LogP contribution in [0.3, 0.4) is 0 Å². The maximum absolute atomic E-state index is 10.2. The van der Waals surface area contributed by atoms with Crippen LogP contribution in [0.4, 0.5) is 0 Å². The van der Waals surface area contributed by atoms with Crippen LogP contribution in [0.5, 0.6) is 11.5 Å². The predicted molar refractivity (Wildman–Crippen MR) is 79.3 cm³/mol. The summed E-state index contributed by atoms with van der Waals surface area (Å²) in [4.78, 5) is 0. The molecule has 2 N–H and O–H groups in total. The van der Waals surface area contributed by atoms with Crippen LogP contribution in [-0.4, -0.2) is 30.9 Å². The van der Waals surface area contributed by atoms with Crippen molar-refractivity contribution >= 4 is 0 Å². The van der Waals surface area contributed by atoms with E-state index in [1.807, 2.05) is 18.2 Å². The molecule has 20 heavy (non-hydrogen) atoms. The molecule has 2 unspecified atom stereocenters. The van der Waals surface area contributed by atoms with Crippen molar-refractivity contribution in [2.45, 2.75) is 39.3 Å². The Balaban J connectivity index is 1.90. The third-order valence-corrected chi connectivity index (χ3v) is 3.44. The third-order valence-electron chi connectivity index (χ3n) is 3.44. The van der Waals surface area contributed by atoms with E-state index >= 15 is 0 Å². The fraction of sp³-hybridized carbons (Fsp3) is 0.625. The van der Waals surface area contributed by atoms with E-state index in [2.05, 4.69) is 26.1 Å². The third kappa shape index (κ3) is 4.12. The van der Waals surface area contributed by atoms with E-state index in [0.717, 1.165) is 23.5 Å². The maximum atomic E-state index is 10.2. The Morgan fingerprint density at radius 2 is 1.85 bits per heavy atom. The van der Waals surface area contributed by atoms with Crippen LogP contribution in [0.25, 0.3) is 0 Å². The van der Waals surface area contributed by atoms with Crippen molar-refractivity contribution in [1.29, 1.82) is 0 Å². The summed E-state index contributed by atoms with van der Waals surface area (Å²) in [6.07, 6.45) is 0.578. The van der Waals surface area contributed by atoms with Crippen molar-refractivity contribution < 1.29 is 14.6 Å². The van der Waals surface area contributed by atoms with E-state index in [4.69, 9.17) is 9.47 Å². The summed E-state index contributed by atoms with van der Waals surface area (Å²) >= 11 is 0. The van der Waals surface area contributed by atoms with E-state index in [1.54, 1.807) is 0 Å². The number of nitrogens with one attached hydrogen (secondary N) is 1. The van der Waals surface area contributed by atoms with Crippen LogP contribution in [0.1, 0.15) is 38.9 Å². The molecular weight excluding hydrogens is 254 g/mol. The van der Waals surface area contributed by atoms with Gasteiger partial charge < -0.3 is 19.9 Å². The highest BCUT2D eigenvalue weighted by atomic mass is 16.6. The van der Waals surface area contributed by atoms with Gasteiger partial charge in [0.1, 0.15) is 13.2 Å². The quantitative estimate of drug-likeness (QED) is 0.840. The first-order valence-electron chi connectivity index (χ1n) is 7.37. The van der Waals surface area contributed by atoms with Crippen molar-refractivity contribution in [2.24, 2.45) is 5.92 Å². The van der Waals surface area contributed by atoms with Gasteiger partial charge in [-0.1, -0.05) is 19.9 Å². The molecule has 0 radical (unpaired) electrons. The van der Waals surface area contributed by atoms with Crippen molar-refractivity contribution in [3.8, 4) is 11.5 Å². The summed E-state index contributed by atoms with van der Waals surface area (Å²) < 4.78 is 11.0. The fourth-order valence-electron chi connectivity index (χ4n) is 2.49. The average molecular weight is 279 g/mol. The van der Waals surface area contributed by atoms with Gasteiger partial charge in [0, 0.05) is 12.6 Å². The molecule has 0 spiro atoms. The van der Waals surface area contributed by atoms with Crippen LogP contribution in [0, 0.1) is 5.92 Å². The van der Waals surface area contributed by atoms with Crippen molar-refractivity contribution in [2.75, 3.05) is 19.8 Å². The molecule has 0 fully saturated rings. The summed E-state index contributed by atoms with van der Waals surface area (Å²) in [5, 5.41) is 13.6. The number of hydrogen-bond acceptors (Lipinski definition) is 4. The highest BCUT2D eigenvalue weighted by molar-refractivity contribution is 5.44. The predicted octanol–water partition coefficient (Wildman–Crippen LogP) is 2.52. The second kappa shape index (κ2) is 6.95. The molecule has 1 aromatic rings. The SMILES string of the molecule is CC(C)CC(C)NCC(O)c1ccc2c(c1)OCCO2. The monoisotopic (exact) mass is 279 g/mol. The van der Waals surface area contributed by atoms with Crippen LogP contribution in [0.2, 0.25) is 0 Å². The van der Waals surface area contributed by atoms with E-state index < -0.39 is 6.10 Å². The Labute approximate surface area is 121 Å². The molecule has 0 aromatic heterocycles. The zero-order valence-electron chi connectivity index (χ0n) is 12.6. The topological polar surface area (TPSA) is 50.7 Å². The molecule has 112 valence electrons. The van der Waals surface area contributed by atoms with Gasteiger partial charge in [-0.05, 0) is 37.0 Å². The first kappa shape index (κ1) is 15.1. The number of benzene rings is 1. The minimum absolute atomic E-state index is 0.405. The molecule has 0 aliphatic carbocycles. The van der Waals surface area contributed by atoms with Gasteiger partial charge in [-0.25, -0.2) is 0 Å². The zero-order chi connectivity index (χ0) is 14.5. The second-order valence-electron chi connectivity index (χ2n) is 5.86. The second-order valence-corrected chi connectivity index (χ2v) is 5.86. The Morgan fingerprint density at radius 3 is 2.55 bits per heavy atom. The maximum Gasteiger partial charge on any atom is 0.161 e. The van der Waals surface area contributed by atoms with Gasteiger partial charge in [-0.2, -0.15) is 0 Å². The number of rotatable bonds is 6. The number of aliphatic hydroxyl groups is 1. The van der Waals surface area contributed by atoms with Gasteiger partial charge in [0.15, 0.2) is 11.5 Å². The van der Waals surface area contributed by atoms with Gasteiger partial charge in [0.05, 0.1) is 6.10 Å². The fourth-order valence-corrected chi connectivity index (χ4v) is 2.49. The van der Waals surface area contributed by atoms with Gasteiger partial charge in [-0.15, -0.1) is 0 Å². The Morgan fingerprint density at radius 1 is 1.15 bits per heavy atom. The molecular formula is C16H25NO3. The highest BCUT2D eigenvalue weighted by Gasteiger charge is 2.16. The lowest BCUT2D eigenvalue weighted by Crippen LogP contribution is -2.31. The van der Waals surface area contributed by atoms with Gasteiger partial charge >= 0.3 is 0 Å². The Hall–Kier alpha value is -1.26. The average Bonchev–Trinajstić information content (AvgIpc) is 2.43. The first-order valence-corrected chi connectivity index (χ1v) is 7.37. The molecule has 1 aliphatic heterocycles.